The van der Waals surface area contributed by atoms with Gasteiger partial charge in [0.1, 0.15) is 18.2 Å². The molecule has 0 bridgehead atoms. The van der Waals surface area contributed by atoms with Crippen LogP contribution in [0.25, 0.3) is 11.1 Å². The largest absolute Gasteiger partial charge is 0.464 e. The molecule has 0 atom stereocenters. The van der Waals surface area contributed by atoms with Crippen molar-refractivity contribution in [3.8, 4) is 11.1 Å². The van der Waals surface area contributed by atoms with Crippen molar-refractivity contribution in [1.82, 2.24) is 9.80 Å². The highest BCUT2D eigenvalue weighted by molar-refractivity contribution is 7.00. The van der Waals surface area contributed by atoms with Gasteiger partial charge in [0.2, 0.25) is 0 Å². The number of carbonyl (C=O) groups is 3. The van der Waals surface area contributed by atoms with Crippen molar-refractivity contribution in [2.75, 3.05) is 72.8 Å². The first-order chi connectivity index (χ1) is 38.6. The topological polar surface area (TPSA) is 94.6 Å². The number of esters is 1. The Bertz CT molecular complexity index is 2650. The van der Waals surface area contributed by atoms with Crippen LogP contribution in [0.2, 0.25) is 10.1 Å². The molecule has 9 nitrogen and oxygen atoms in total. The van der Waals surface area contributed by atoms with E-state index in [-0.39, 0.29) is 59.9 Å². The molecule has 2 aliphatic rings. The zero-order valence-electron chi connectivity index (χ0n) is 50.1. The second kappa shape index (κ2) is 33.1. The summed E-state index contributed by atoms with van der Waals surface area (Å²) in [5, 5.41) is 5.10. The maximum absolute atomic E-state index is 13.2. The van der Waals surface area contributed by atoms with Gasteiger partial charge in [-0.2, -0.15) is 0 Å². The van der Waals surface area contributed by atoms with E-state index >= 15 is 0 Å². The highest BCUT2D eigenvalue weighted by atomic mass is 35.5. The van der Waals surface area contributed by atoms with Gasteiger partial charge in [-0.1, -0.05) is 225 Å². The minimum Gasteiger partial charge on any atom is -0.464 e. The van der Waals surface area contributed by atoms with Crippen LogP contribution >= 0.6 is 12.4 Å². The fourth-order valence-electron chi connectivity index (χ4n) is 11.3. The Hall–Kier alpha value is -5.35. The third-order valence-electron chi connectivity index (χ3n) is 15.5. The summed E-state index contributed by atoms with van der Waals surface area (Å²) in [5.74, 6) is 0.140. The number of likely N-dealkylation sites (N-methyl/N-ethyl adjacent to an activating group) is 1. The molecule has 81 heavy (non-hydrogen) atoms. The number of ketones is 2. The second-order valence-corrected chi connectivity index (χ2v) is 32.0. The molecular weight excluding hydrogens is 1060 g/mol. The van der Waals surface area contributed by atoms with Crippen molar-refractivity contribution in [1.29, 1.82) is 0 Å². The van der Waals surface area contributed by atoms with Gasteiger partial charge in [0, 0.05) is 45.2 Å². The number of nitrogens with zero attached hydrogens (tertiary/aromatic N) is 2. The van der Waals surface area contributed by atoms with Gasteiger partial charge in [0.25, 0.3) is 16.6 Å². The maximum atomic E-state index is 13.2. The molecule has 6 aromatic carbocycles. The van der Waals surface area contributed by atoms with Crippen LogP contribution in [0.4, 0.5) is 0 Å². The third-order valence-corrected chi connectivity index (χ3v) is 25.5. The Balaban J connectivity index is 0.000000293. The van der Waals surface area contributed by atoms with E-state index in [1.54, 1.807) is 0 Å². The summed E-state index contributed by atoms with van der Waals surface area (Å²) in [4.78, 5) is 41.3. The zero-order valence-corrected chi connectivity index (χ0v) is 52.9. The van der Waals surface area contributed by atoms with Crippen LogP contribution in [-0.4, -0.2) is 117 Å². The van der Waals surface area contributed by atoms with Crippen molar-refractivity contribution in [2.45, 2.75) is 123 Å². The number of ether oxygens (including phenoxy) is 2. The minimum absolute atomic E-state index is 0. The van der Waals surface area contributed by atoms with Crippen LogP contribution in [0, 0.1) is 0 Å². The molecule has 0 unspecified atom stereocenters. The van der Waals surface area contributed by atoms with Crippen LogP contribution in [-0.2, 0) is 32.7 Å². The Labute approximate surface area is 494 Å². The SMILES string of the molecule is C1CCOC1.CCC(=O)CN(C)CCCCO[Si](c1ccccc1)(c1ccccc1)C(C)(C)C.CCC(=O)CN(CCCCO[Si](c1ccccc1)(c1ccccc1)C(C)(C)C)CC(=O)OCC1c2ccccc2-c2ccccc21.Cl. The van der Waals surface area contributed by atoms with E-state index in [1.807, 2.05) is 50.1 Å². The second-order valence-electron chi connectivity index (χ2n) is 23.4. The number of Topliss-reactive ketones (excluding diaryl/α,β-unsaturated/α-hetero) is 2. The fraction of sp³-hybridized carbons (Fsp3) is 0.435. The molecule has 0 spiro atoms. The summed E-state index contributed by atoms with van der Waals surface area (Å²) in [5.41, 5.74) is 4.79. The summed E-state index contributed by atoms with van der Waals surface area (Å²) in [6.45, 7) is 23.6. The highest BCUT2D eigenvalue weighted by Gasteiger charge is 2.51. The van der Waals surface area contributed by atoms with Gasteiger partial charge in [0.15, 0.2) is 0 Å². The monoisotopic (exact) mass is 1150 g/mol. The quantitative estimate of drug-likeness (QED) is 0.0299. The molecule has 436 valence electrons. The Morgan fingerprint density at radius 1 is 0.506 bits per heavy atom. The lowest BCUT2D eigenvalue weighted by molar-refractivity contribution is -0.145. The molecule has 1 aliphatic carbocycles. The fourth-order valence-corrected chi connectivity index (χ4v) is 20.5. The van der Waals surface area contributed by atoms with Gasteiger partial charge in [-0.25, -0.2) is 0 Å². The molecule has 0 radical (unpaired) electrons. The predicted octanol–water partition coefficient (Wildman–Crippen LogP) is 12.5. The van der Waals surface area contributed by atoms with E-state index in [1.165, 1.54) is 55.8 Å². The number of hydrogen-bond donors (Lipinski definition) is 0. The average molecular weight is 1150 g/mol. The van der Waals surface area contributed by atoms with Crippen LogP contribution in [0.15, 0.2) is 170 Å². The molecule has 6 aromatic rings. The lowest BCUT2D eigenvalue weighted by atomic mass is 9.98. The molecule has 1 fully saturated rings. The molecule has 0 saturated carbocycles. The van der Waals surface area contributed by atoms with Crippen LogP contribution < -0.4 is 20.7 Å². The van der Waals surface area contributed by atoms with E-state index in [0.717, 1.165) is 52.0 Å². The maximum Gasteiger partial charge on any atom is 0.320 e. The standard InChI is InChI=1S/C40H47NO4Si.C25H37NO2Si.C4H8O.ClH/c1-5-31(42)28-41(29-39(43)44-30-38-36-24-14-12-22-34(36)35-23-13-15-25-37(35)38)26-16-17-27-45-46(40(2,3)4,32-18-8-6-9-19-32)33-20-10-7-11-21-33;1-6-22(27)21-26(5)19-13-14-20-28-29(25(2,3)4,23-15-9-7-10-16-23)24-17-11-8-12-18-24;1-2-4-5-3-1;/h6-15,18-25,38H,5,16-17,26-30H2,1-4H3;7-12,15-18H,6,13-14,19-21H2,1-5H3;1-4H2;1H. The predicted molar refractivity (Wildman–Crippen MR) is 342 cm³/mol. The number of unbranched alkanes of at least 4 members (excludes halogenated alkanes) is 2. The number of carbonyl (C=O) groups excluding carboxylic acids is 3. The molecule has 1 aliphatic heterocycles. The van der Waals surface area contributed by atoms with Crippen molar-refractivity contribution in [3.63, 3.8) is 0 Å². The summed E-state index contributed by atoms with van der Waals surface area (Å²) in [6.07, 6.45) is 7.28. The van der Waals surface area contributed by atoms with Crippen molar-refractivity contribution in [3.05, 3.63) is 181 Å². The molecule has 1 saturated heterocycles. The smallest absolute Gasteiger partial charge is 0.320 e. The molecular formula is C69H93ClN2O7Si2. The van der Waals surface area contributed by atoms with Crippen molar-refractivity contribution in [2.24, 2.45) is 0 Å². The number of rotatable bonds is 26. The molecule has 0 aromatic heterocycles. The Morgan fingerprint density at radius 3 is 1.25 bits per heavy atom. The number of halogens is 1. The van der Waals surface area contributed by atoms with Crippen molar-refractivity contribution >= 4 is 67.3 Å². The van der Waals surface area contributed by atoms with Gasteiger partial charge >= 0.3 is 5.97 Å². The van der Waals surface area contributed by atoms with E-state index < -0.39 is 16.6 Å². The third kappa shape index (κ3) is 18.3. The lowest BCUT2D eigenvalue weighted by Gasteiger charge is -2.43. The number of benzene rings is 6. The van der Waals surface area contributed by atoms with Gasteiger partial charge < -0.3 is 18.3 Å². The minimum atomic E-state index is -2.60. The first-order valence-electron chi connectivity index (χ1n) is 29.4. The van der Waals surface area contributed by atoms with Gasteiger partial charge in [0.05, 0.1) is 19.6 Å². The van der Waals surface area contributed by atoms with Crippen molar-refractivity contribution < 1.29 is 32.7 Å². The van der Waals surface area contributed by atoms with Gasteiger partial charge in [-0.3, -0.25) is 24.2 Å². The first-order valence-corrected chi connectivity index (χ1v) is 33.2. The normalized spacial score (nSPS) is 13.3. The average Bonchev–Trinajstić information content (AvgIpc) is 4.22. The molecule has 0 amide bonds. The van der Waals surface area contributed by atoms with Crippen LogP contribution in [0.5, 0.6) is 0 Å². The first kappa shape index (κ1) is 66.5. The number of hydrogen-bond acceptors (Lipinski definition) is 9. The van der Waals surface area contributed by atoms with Crippen LogP contribution in [0.3, 0.4) is 0 Å². The number of fused-ring (bicyclic) bond motifs is 3. The van der Waals surface area contributed by atoms with Gasteiger partial charge in [-0.05, 0) is 112 Å². The summed E-state index contributed by atoms with van der Waals surface area (Å²) in [7, 11) is -3.00. The molecule has 1 heterocycles. The molecule has 8 rings (SSSR count). The summed E-state index contributed by atoms with van der Waals surface area (Å²) in [6, 6.07) is 59.5. The van der Waals surface area contributed by atoms with Crippen LogP contribution in [0.1, 0.15) is 124 Å². The van der Waals surface area contributed by atoms with E-state index in [2.05, 4.69) is 192 Å². The van der Waals surface area contributed by atoms with E-state index in [0.29, 0.717) is 38.3 Å². The highest BCUT2D eigenvalue weighted by Crippen LogP contribution is 2.45. The molecule has 0 N–H and O–H groups in total. The summed E-state index contributed by atoms with van der Waals surface area (Å²) >= 11 is 0. The van der Waals surface area contributed by atoms with Gasteiger partial charge in [-0.15, -0.1) is 12.4 Å². The summed E-state index contributed by atoms with van der Waals surface area (Å²) < 4.78 is 24.8. The molecule has 12 heteroatoms. The Kier molecular flexibility index (Phi) is 27.1. The lowest BCUT2D eigenvalue weighted by Crippen LogP contribution is -2.66. The van der Waals surface area contributed by atoms with E-state index in [4.69, 9.17) is 18.3 Å². The zero-order chi connectivity index (χ0) is 57.4. The van der Waals surface area contributed by atoms with E-state index in [9.17, 15) is 14.4 Å². The Morgan fingerprint density at radius 2 is 0.877 bits per heavy atom.